The van der Waals surface area contributed by atoms with Crippen LogP contribution in [0.3, 0.4) is 0 Å². The highest BCUT2D eigenvalue weighted by atomic mass is 19.4. The van der Waals surface area contributed by atoms with E-state index in [9.17, 15) is 22.8 Å². The van der Waals surface area contributed by atoms with E-state index in [1.807, 2.05) is 13.8 Å². The van der Waals surface area contributed by atoms with Crippen molar-refractivity contribution in [3.05, 3.63) is 35.4 Å². The van der Waals surface area contributed by atoms with Crippen LogP contribution >= 0.6 is 0 Å². The maximum Gasteiger partial charge on any atom is 0.425 e. The Labute approximate surface area is 126 Å². The summed E-state index contributed by atoms with van der Waals surface area (Å²) in [7, 11) is 0. The lowest BCUT2D eigenvalue weighted by atomic mass is 10.1. The molecule has 122 valence electrons. The van der Waals surface area contributed by atoms with Gasteiger partial charge in [-0.3, -0.25) is 0 Å². The first-order chi connectivity index (χ1) is 10.1. The summed E-state index contributed by atoms with van der Waals surface area (Å²) in [5.41, 5.74) is 0.137. The Morgan fingerprint density at radius 1 is 1.00 bits per heavy atom. The largest absolute Gasteiger partial charge is 0.462 e. The van der Waals surface area contributed by atoms with Gasteiger partial charge < -0.3 is 9.47 Å². The summed E-state index contributed by atoms with van der Waals surface area (Å²) in [5.74, 6) is -1.48. The van der Waals surface area contributed by atoms with Crippen LogP contribution in [0.5, 0.6) is 0 Å². The zero-order valence-electron chi connectivity index (χ0n) is 12.4. The topological polar surface area (TPSA) is 52.6 Å². The van der Waals surface area contributed by atoms with Crippen LogP contribution in [0.2, 0.25) is 0 Å². The molecule has 0 aliphatic carbocycles. The van der Waals surface area contributed by atoms with Crippen LogP contribution in [-0.4, -0.2) is 30.8 Å². The van der Waals surface area contributed by atoms with E-state index < -0.39 is 24.2 Å². The van der Waals surface area contributed by atoms with Gasteiger partial charge in [-0.15, -0.1) is 0 Å². The van der Waals surface area contributed by atoms with Crippen molar-refractivity contribution in [2.24, 2.45) is 5.92 Å². The van der Waals surface area contributed by atoms with Crippen LogP contribution in [0.4, 0.5) is 13.2 Å². The van der Waals surface area contributed by atoms with Crippen molar-refractivity contribution in [1.29, 1.82) is 0 Å². The predicted molar refractivity (Wildman–Crippen MR) is 72.5 cm³/mol. The molecule has 0 aromatic heterocycles. The van der Waals surface area contributed by atoms with Crippen molar-refractivity contribution < 1.29 is 32.2 Å². The Bertz CT molecular complexity index is 521. The molecule has 1 aromatic carbocycles. The van der Waals surface area contributed by atoms with E-state index in [-0.39, 0.29) is 23.7 Å². The van der Waals surface area contributed by atoms with Gasteiger partial charge in [0, 0.05) is 0 Å². The van der Waals surface area contributed by atoms with Gasteiger partial charge in [0.1, 0.15) is 0 Å². The van der Waals surface area contributed by atoms with Gasteiger partial charge in [-0.2, -0.15) is 13.2 Å². The molecule has 0 heterocycles. The molecule has 1 rings (SSSR count). The van der Waals surface area contributed by atoms with Gasteiger partial charge in [0.15, 0.2) is 6.10 Å². The molecule has 0 radical (unpaired) electrons. The Balaban J connectivity index is 2.68. The van der Waals surface area contributed by atoms with Crippen LogP contribution in [0.15, 0.2) is 24.3 Å². The molecule has 0 N–H and O–H groups in total. The Kier molecular flexibility index (Phi) is 5.96. The van der Waals surface area contributed by atoms with E-state index in [0.29, 0.717) is 0 Å². The monoisotopic (exact) mass is 318 g/mol. The van der Waals surface area contributed by atoms with Gasteiger partial charge in [0.2, 0.25) is 0 Å². The molecule has 0 aliphatic heterocycles. The highest BCUT2D eigenvalue weighted by Crippen LogP contribution is 2.23. The van der Waals surface area contributed by atoms with Gasteiger partial charge in [-0.05, 0) is 37.1 Å². The molecule has 0 saturated carbocycles. The minimum Gasteiger partial charge on any atom is -0.462 e. The van der Waals surface area contributed by atoms with Crippen LogP contribution in [0.25, 0.3) is 0 Å². The summed E-state index contributed by atoms with van der Waals surface area (Å²) in [6, 6.07) is 5.05. The third-order valence-corrected chi connectivity index (χ3v) is 2.65. The van der Waals surface area contributed by atoms with Crippen molar-refractivity contribution in [1.82, 2.24) is 0 Å². The average Bonchev–Trinajstić information content (AvgIpc) is 2.43. The Morgan fingerprint density at radius 2 is 1.45 bits per heavy atom. The van der Waals surface area contributed by atoms with E-state index in [1.54, 1.807) is 0 Å². The maximum atomic E-state index is 12.3. The predicted octanol–water partition coefficient (Wildman–Crippen LogP) is 3.61. The zero-order valence-corrected chi connectivity index (χ0v) is 12.4. The van der Waals surface area contributed by atoms with Gasteiger partial charge in [-0.1, -0.05) is 13.8 Å². The lowest BCUT2D eigenvalue weighted by Crippen LogP contribution is -2.30. The molecule has 7 heteroatoms. The summed E-state index contributed by atoms with van der Waals surface area (Å²) in [4.78, 5) is 23.2. The highest BCUT2D eigenvalue weighted by molar-refractivity contribution is 5.93. The van der Waals surface area contributed by atoms with Crippen LogP contribution < -0.4 is 0 Å². The van der Waals surface area contributed by atoms with Crippen molar-refractivity contribution in [2.75, 3.05) is 6.61 Å². The number of benzene rings is 1. The second kappa shape index (κ2) is 7.29. The first-order valence-corrected chi connectivity index (χ1v) is 6.66. The van der Waals surface area contributed by atoms with Gasteiger partial charge in [0.05, 0.1) is 17.7 Å². The number of halogens is 3. The number of rotatable bonds is 5. The molecular formula is C15H17F3O4. The summed E-state index contributed by atoms with van der Waals surface area (Å²) in [5, 5.41) is 0. The van der Waals surface area contributed by atoms with Crippen LogP contribution in [0, 0.1) is 5.92 Å². The quantitative estimate of drug-likeness (QED) is 0.778. The molecule has 1 aromatic rings. The fourth-order valence-electron chi connectivity index (χ4n) is 1.36. The van der Waals surface area contributed by atoms with E-state index in [4.69, 9.17) is 4.74 Å². The van der Waals surface area contributed by atoms with Crippen LogP contribution in [-0.2, 0) is 9.47 Å². The SMILES string of the molecule is CC(C)COC(=O)c1ccc(C(=O)OC(C)C(F)(F)F)cc1. The third kappa shape index (κ3) is 5.38. The van der Waals surface area contributed by atoms with Crippen molar-refractivity contribution in [3.63, 3.8) is 0 Å². The number of esters is 2. The number of ether oxygens (including phenoxy) is 2. The van der Waals surface area contributed by atoms with E-state index in [2.05, 4.69) is 4.74 Å². The second-order valence-electron chi connectivity index (χ2n) is 5.16. The number of hydrogen-bond acceptors (Lipinski definition) is 4. The lowest BCUT2D eigenvalue weighted by molar-refractivity contribution is -0.198. The molecule has 1 unspecified atom stereocenters. The fraction of sp³-hybridized carbons (Fsp3) is 0.467. The number of carbonyl (C=O) groups is 2. The third-order valence-electron chi connectivity index (χ3n) is 2.65. The number of hydrogen-bond donors (Lipinski definition) is 0. The van der Waals surface area contributed by atoms with Crippen molar-refractivity contribution in [2.45, 2.75) is 33.1 Å². The molecule has 4 nitrogen and oxygen atoms in total. The first kappa shape index (κ1) is 18.0. The maximum absolute atomic E-state index is 12.3. The molecule has 1 atom stereocenters. The van der Waals surface area contributed by atoms with Crippen molar-refractivity contribution in [3.8, 4) is 0 Å². The Hall–Kier alpha value is -2.05. The average molecular weight is 318 g/mol. The lowest BCUT2D eigenvalue weighted by Gasteiger charge is -2.16. The van der Waals surface area contributed by atoms with Gasteiger partial charge in [0.25, 0.3) is 0 Å². The van der Waals surface area contributed by atoms with Gasteiger partial charge >= 0.3 is 18.1 Å². The normalized spacial score (nSPS) is 12.9. The Morgan fingerprint density at radius 3 is 1.86 bits per heavy atom. The first-order valence-electron chi connectivity index (χ1n) is 6.66. The molecule has 0 bridgehead atoms. The van der Waals surface area contributed by atoms with Crippen molar-refractivity contribution >= 4 is 11.9 Å². The van der Waals surface area contributed by atoms with E-state index in [1.165, 1.54) is 24.3 Å². The molecule has 22 heavy (non-hydrogen) atoms. The number of carbonyl (C=O) groups excluding carboxylic acids is 2. The minimum atomic E-state index is -4.61. The summed E-state index contributed by atoms with van der Waals surface area (Å²) in [6.45, 7) is 4.77. The summed E-state index contributed by atoms with van der Waals surface area (Å²) < 4.78 is 46.2. The van der Waals surface area contributed by atoms with Gasteiger partial charge in [-0.25, -0.2) is 9.59 Å². The molecular weight excluding hydrogens is 301 g/mol. The van der Waals surface area contributed by atoms with E-state index >= 15 is 0 Å². The molecule has 0 fully saturated rings. The molecule has 0 aliphatic rings. The molecule has 0 amide bonds. The summed E-state index contributed by atoms with van der Waals surface area (Å²) >= 11 is 0. The second-order valence-corrected chi connectivity index (χ2v) is 5.16. The zero-order chi connectivity index (χ0) is 16.9. The summed E-state index contributed by atoms with van der Waals surface area (Å²) in [6.07, 6.45) is -6.81. The fourth-order valence-corrected chi connectivity index (χ4v) is 1.36. The smallest absolute Gasteiger partial charge is 0.425 e. The highest BCUT2D eigenvalue weighted by Gasteiger charge is 2.39. The van der Waals surface area contributed by atoms with Crippen LogP contribution in [0.1, 0.15) is 41.5 Å². The number of alkyl halides is 3. The molecule has 0 spiro atoms. The van der Waals surface area contributed by atoms with E-state index in [0.717, 1.165) is 6.92 Å². The molecule has 0 saturated heterocycles. The standard InChI is InChI=1S/C15H17F3O4/c1-9(2)8-21-13(19)11-4-6-12(7-5-11)14(20)22-10(3)15(16,17)18/h4-7,9-10H,8H2,1-3H3. The minimum absolute atomic E-state index is 0.0727.